The Bertz CT molecular complexity index is 3490. The summed E-state index contributed by atoms with van der Waals surface area (Å²) in [5, 5.41) is 7.44. The van der Waals surface area contributed by atoms with Crippen LogP contribution in [0.5, 0.6) is 0 Å². The van der Waals surface area contributed by atoms with Crippen LogP contribution in [0.1, 0.15) is 22.3 Å². The van der Waals surface area contributed by atoms with Crippen molar-refractivity contribution in [2.24, 2.45) is 0 Å². The van der Waals surface area contributed by atoms with E-state index in [0.717, 1.165) is 27.2 Å². The molecule has 2 heterocycles. The van der Waals surface area contributed by atoms with Crippen LogP contribution in [0.15, 0.2) is 252 Å². The summed E-state index contributed by atoms with van der Waals surface area (Å²) in [4.78, 5) is 2.37. The van der Waals surface area contributed by atoms with E-state index in [4.69, 9.17) is 0 Å². The molecule has 0 saturated carbocycles. The minimum Gasteiger partial charge on any atom is -0.309 e. The number of hydrogen-bond donors (Lipinski definition) is 0. The minimum absolute atomic E-state index is 0.709. The maximum Gasteiger partial charge on any atom is 0.171 e. The number of nitrogens with zero attached hydrogens (tertiary/aromatic N) is 1. The fourth-order valence-corrected chi connectivity index (χ4v) is 13.7. The maximum atomic E-state index is 15.7. The van der Waals surface area contributed by atoms with Gasteiger partial charge in [-0.15, -0.1) is 0 Å². The smallest absolute Gasteiger partial charge is 0.171 e. The van der Waals surface area contributed by atoms with E-state index < -0.39 is 12.6 Å². The Hall–Kier alpha value is -7.16. The Kier molecular flexibility index (Phi) is 8.97. The molecule has 0 amide bonds. The third-order valence-electron chi connectivity index (χ3n) is 13.0. The molecule has 0 radical (unpaired) electrons. The third-order valence-corrected chi connectivity index (χ3v) is 17.1. The molecule has 0 aliphatic carbocycles. The summed E-state index contributed by atoms with van der Waals surface area (Å²) >= 11 is 1.78. The van der Waals surface area contributed by atoms with Crippen molar-refractivity contribution in [1.82, 2.24) is 4.57 Å². The van der Waals surface area contributed by atoms with Crippen LogP contribution in [0.4, 0.5) is 0 Å². The molecule has 0 N–H and O–H groups in total. The normalized spacial score (nSPS) is 14.5. The summed E-state index contributed by atoms with van der Waals surface area (Å²) in [6, 6.07) is 86.4. The van der Waals surface area contributed by atoms with Gasteiger partial charge in [0.05, 0.1) is 22.1 Å². The summed E-state index contributed by atoms with van der Waals surface area (Å²) < 4.78 is 18.1. The molecule has 63 heavy (non-hydrogen) atoms. The van der Waals surface area contributed by atoms with E-state index in [9.17, 15) is 0 Å². The zero-order chi connectivity index (χ0) is 42.0. The summed E-state index contributed by atoms with van der Waals surface area (Å²) in [5.41, 5.74) is 10.0. The first-order valence-corrected chi connectivity index (χ1v) is 24.0. The van der Waals surface area contributed by atoms with Crippen molar-refractivity contribution in [2.45, 2.75) is 15.2 Å². The van der Waals surface area contributed by atoms with Gasteiger partial charge in [0.1, 0.15) is 0 Å². The average molecular weight is 842 g/mol. The van der Waals surface area contributed by atoms with Gasteiger partial charge in [-0.1, -0.05) is 218 Å². The Morgan fingerprint density at radius 2 is 0.905 bits per heavy atom. The van der Waals surface area contributed by atoms with Crippen LogP contribution in [0.3, 0.4) is 0 Å². The third kappa shape index (κ3) is 5.85. The molecule has 12 rings (SSSR count). The van der Waals surface area contributed by atoms with Crippen LogP contribution in [-0.4, -0.2) is 4.57 Å². The lowest BCUT2D eigenvalue weighted by molar-refractivity contribution is 0.592. The Morgan fingerprint density at radius 3 is 1.59 bits per heavy atom. The number of benzene rings is 10. The number of fused-ring (bicyclic) bond motifs is 7. The van der Waals surface area contributed by atoms with Gasteiger partial charge < -0.3 is 9.13 Å². The number of aromatic nitrogens is 1. The highest BCUT2D eigenvalue weighted by atomic mass is 32.2. The maximum absolute atomic E-state index is 15.7. The Labute approximate surface area is 371 Å². The highest BCUT2D eigenvalue weighted by Gasteiger charge is 2.45. The molecule has 4 heteroatoms. The first-order valence-electron chi connectivity index (χ1n) is 21.4. The Morgan fingerprint density at radius 1 is 0.397 bits per heavy atom. The van der Waals surface area contributed by atoms with Crippen LogP contribution in [0.2, 0.25) is 0 Å². The second-order valence-corrected chi connectivity index (χ2v) is 20.2. The van der Waals surface area contributed by atoms with Gasteiger partial charge in [-0.3, -0.25) is 0 Å². The predicted octanol–water partition coefficient (Wildman–Crippen LogP) is 14.1. The second kappa shape index (κ2) is 15.0. The minimum atomic E-state index is -3.21. The molecular weight excluding hydrogens is 802 g/mol. The van der Waals surface area contributed by atoms with Crippen molar-refractivity contribution in [3.8, 4) is 16.8 Å². The molecule has 0 bridgehead atoms. The zero-order valence-corrected chi connectivity index (χ0v) is 36.0. The Balaban J connectivity index is 1.07. The van der Waals surface area contributed by atoms with E-state index >= 15 is 4.57 Å². The van der Waals surface area contributed by atoms with Crippen molar-refractivity contribution in [3.63, 3.8) is 0 Å². The van der Waals surface area contributed by atoms with Gasteiger partial charge in [0.25, 0.3) is 0 Å². The molecule has 1 aliphatic rings. The molecular formula is C59H40NOPS. The van der Waals surface area contributed by atoms with Gasteiger partial charge in [0, 0.05) is 36.5 Å². The van der Waals surface area contributed by atoms with Gasteiger partial charge in [0.15, 0.2) is 7.14 Å². The molecule has 11 aromatic rings. The first kappa shape index (κ1) is 37.6. The van der Waals surface area contributed by atoms with E-state index in [2.05, 4.69) is 187 Å². The van der Waals surface area contributed by atoms with Gasteiger partial charge in [0.2, 0.25) is 0 Å². The van der Waals surface area contributed by atoms with Crippen molar-refractivity contribution in [1.29, 1.82) is 0 Å². The molecule has 0 saturated heterocycles. The number of para-hydroxylation sites is 2. The molecule has 298 valence electrons. The monoisotopic (exact) mass is 841 g/mol. The van der Waals surface area contributed by atoms with Crippen molar-refractivity contribution in [2.75, 3.05) is 0 Å². The summed E-state index contributed by atoms with van der Waals surface area (Å²) in [6.45, 7) is 0. The fraction of sp³-hybridized carbons (Fsp3) is 0.0169. The largest absolute Gasteiger partial charge is 0.309 e. The quantitative estimate of drug-likeness (QED) is 0.142. The van der Waals surface area contributed by atoms with Crippen LogP contribution in [0.25, 0.3) is 49.4 Å². The van der Waals surface area contributed by atoms with Crippen molar-refractivity contribution in [3.05, 3.63) is 265 Å². The van der Waals surface area contributed by atoms with Crippen LogP contribution >= 0.6 is 18.9 Å². The molecule has 10 aromatic carbocycles. The SMILES string of the molecule is O=P(c1ccccc1)(c1ccccc1)c1ccc(C2(c3ccc(Sc4ccc(-c5ccccc5)cc4)cc3)c3ccccc3-n3c4ccc5ccccc5c4c4cccc2c43)cc1. The standard InChI is InChI=1S/C59H40NOPS/c61-62(46-18-6-2-7-19-46,47-20-8-3-9-21-47)48-34-30-44(31-35-48)59(45-32-38-50(39-33-45)63-49-36-27-42(28-37-49)41-15-4-1-5-16-41)53-24-12-13-26-55(53)60-56-40-29-43-17-10-11-22-51(43)57(56)52-23-14-25-54(59)58(52)60/h1-40H. The lowest BCUT2D eigenvalue weighted by Gasteiger charge is -2.42. The van der Waals surface area contributed by atoms with Crippen LogP contribution < -0.4 is 15.9 Å². The number of rotatable bonds is 8. The van der Waals surface area contributed by atoms with E-state index in [1.54, 1.807) is 11.8 Å². The fourth-order valence-electron chi connectivity index (χ4n) is 10.2. The molecule has 1 aliphatic heterocycles. The number of hydrogen-bond acceptors (Lipinski definition) is 2. The zero-order valence-electron chi connectivity index (χ0n) is 34.3. The van der Waals surface area contributed by atoms with Gasteiger partial charge in [-0.25, -0.2) is 0 Å². The topological polar surface area (TPSA) is 22.0 Å². The van der Waals surface area contributed by atoms with E-state index in [0.29, 0.717) is 0 Å². The second-order valence-electron chi connectivity index (χ2n) is 16.3. The van der Waals surface area contributed by atoms with Crippen LogP contribution in [-0.2, 0) is 9.98 Å². The van der Waals surface area contributed by atoms with E-state index in [1.165, 1.54) is 70.2 Å². The molecule has 0 fully saturated rings. The van der Waals surface area contributed by atoms with E-state index in [-0.39, 0.29) is 0 Å². The van der Waals surface area contributed by atoms with Crippen molar-refractivity contribution >= 4 is 67.4 Å². The van der Waals surface area contributed by atoms with Gasteiger partial charge in [-0.05, 0) is 80.6 Å². The molecule has 0 spiro atoms. The van der Waals surface area contributed by atoms with E-state index in [1.807, 2.05) is 60.7 Å². The first-order chi connectivity index (χ1) is 31.1. The van der Waals surface area contributed by atoms with Gasteiger partial charge in [-0.2, -0.15) is 0 Å². The summed E-state index contributed by atoms with van der Waals surface area (Å²) in [6.07, 6.45) is 0. The highest BCUT2D eigenvalue weighted by Crippen LogP contribution is 2.55. The predicted molar refractivity (Wildman–Crippen MR) is 266 cm³/mol. The van der Waals surface area contributed by atoms with Gasteiger partial charge >= 0.3 is 0 Å². The highest BCUT2D eigenvalue weighted by molar-refractivity contribution is 7.99. The lowest BCUT2D eigenvalue weighted by atomic mass is 9.63. The van der Waals surface area contributed by atoms with Crippen LogP contribution in [0, 0.1) is 0 Å². The summed E-state index contributed by atoms with van der Waals surface area (Å²) in [7, 11) is -3.21. The lowest BCUT2D eigenvalue weighted by Crippen LogP contribution is -2.35. The molecule has 1 aromatic heterocycles. The summed E-state index contributed by atoms with van der Waals surface area (Å²) in [5.74, 6) is 0. The van der Waals surface area contributed by atoms with Crippen molar-refractivity contribution < 1.29 is 4.57 Å². The molecule has 2 nitrogen and oxygen atoms in total. The average Bonchev–Trinajstić information content (AvgIpc) is 3.71. The molecule has 1 unspecified atom stereocenters. The molecule has 1 atom stereocenters.